The van der Waals surface area contributed by atoms with Gasteiger partial charge in [-0.15, -0.1) is 0 Å². The molecule has 0 aliphatic rings. The van der Waals surface area contributed by atoms with Crippen LogP contribution in [0.3, 0.4) is 0 Å². The van der Waals surface area contributed by atoms with Crippen LogP contribution in [0.25, 0.3) is 0 Å². The van der Waals surface area contributed by atoms with Crippen molar-refractivity contribution in [3.8, 4) is 11.5 Å². The van der Waals surface area contributed by atoms with Gasteiger partial charge in [0.1, 0.15) is 11.5 Å². The molecular formula is C19H20O5. The first-order valence-electron chi connectivity index (χ1n) is 7.53. The number of carbonyl (C=O) groups is 2. The highest BCUT2D eigenvalue weighted by Crippen LogP contribution is 2.31. The fourth-order valence-electron chi connectivity index (χ4n) is 2.48. The van der Waals surface area contributed by atoms with Crippen molar-refractivity contribution in [1.82, 2.24) is 0 Å². The lowest BCUT2D eigenvalue weighted by Crippen LogP contribution is -2.08. The van der Waals surface area contributed by atoms with Gasteiger partial charge >= 0.3 is 5.97 Å². The molecule has 0 spiro atoms. The summed E-state index contributed by atoms with van der Waals surface area (Å²) in [7, 11) is 4.38. The van der Waals surface area contributed by atoms with E-state index in [0.717, 1.165) is 12.0 Å². The molecule has 0 aliphatic heterocycles. The van der Waals surface area contributed by atoms with Crippen LogP contribution >= 0.6 is 0 Å². The topological polar surface area (TPSA) is 61.8 Å². The van der Waals surface area contributed by atoms with E-state index in [1.54, 1.807) is 37.4 Å². The Bertz CT molecular complexity index is 764. The maximum atomic E-state index is 12.9. The molecule has 0 saturated heterocycles. The first kappa shape index (κ1) is 17.5. The first-order valence-corrected chi connectivity index (χ1v) is 7.53. The van der Waals surface area contributed by atoms with E-state index in [0.29, 0.717) is 28.2 Å². The molecule has 0 fully saturated rings. The van der Waals surface area contributed by atoms with Crippen LogP contribution in [0.15, 0.2) is 36.4 Å². The van der Waals surface area contributed by atoms with Crippen LogP contribution < -0.4 is 9.47 Å². The molecule has 0 aliphatic carbocycles. The largest absolute Gasteiger partial charge is 0.496 e. The van der Waals surface area contributed by atoms with Crippen molar-refractivity contribution >= 4 is 11.8 Å². The molecule has 2 aromatic rings. The zero-order chi connectivity index (χ0) is 17.7. The van der Waals surface area contributed by atoms with Gasteiger partial charge in [0.25, 0.3) is 0 Å². The smallest absolute Gasteiger partial charge is 0.337 e. The van der Waals surface area contributed by atoms with Gasteiger partial charge in [0.2, 0.25) is 0 Å². The van der Waals surface area contributed by atoms with Crippen LogP contribution in [0.5, 0.6) is 11.5 Å². The predicted molar refractivity (Wildman–Crippen MR) is 90.1 cm³/mol. The maximum Gasteiger partial charge on any atom is 0.337 e. The molecule has 0 N–H and O–H groups in total. The Morgan fingerprint density at radius 2 is 1.58 bits per heavy atom. The van der Waals surface area contributed by atoms with Crippen molar-refractivity contribution < 1.29 is 23.8 Å². The van der Waals surface area contributed by atoms with Crippen LogP contribution in [-0.2, 0) is 11.2 Å². The minimum Gasteiger partial charge on any atom is -0.496 e. The van der Waals surface area contributed by atoms with Gasteiger partial charge in [0.15, 0.2) is 5.78 Å². The Kier molecular flexibility index (Phi) is 5.58. The fraction of sp³-hybridized carbons (Fsp3) is 0.263. The first-order chi connectivity index (χ1) is 11.5. The van der Waals surface area contributed by atoms with Crippen LogP contribution in [0.1, 0.15) is 38.8 Å². The van der Waals surface area contributed by atoms with Crippen molar-refractivity contribution in [3.05, 3.63) is 58.7 Å². The highest BCUT2D eigenvalue weighted by Gasteiger charge is 2.19. The lowest BCUT2D eigenvalue weighted by molar-refractivity contribution is 0.0600. The van der Waals surface area contributed by atoms with E-state index in [1.165, 1.54) is 20.3 Å². The van der Waals surface area contributed by atoms with Crippen molar-refractivity contribution in [3.63, 3.8) is 0 Å². The molecule has 0 saturated carbocycles. The molecule has 0 heterocycles. The van der Waals surface area contributed by atoms with Crippen LogP contribution in [-0.4, -0.2) is 33.1 Å². The van der Waals surface area contributed by atoms with Gasteiger partial charge in [-0.3, -0.25) is 4.79 Å². The SMILES string of the molecule is CCc1cc(C(=O)c2cccc(C(=O)OC)c2)c(OC)cc1OC. The second-order valence-electron chi connectivity index (χ2n) is 5.12. The molecule has 24 heavy (non-hydrogen) atoms. The van der Waals surface area contributed by atoms with E-state index in [9.17, 15) is 9.59 Å². The van der Waals surface area contributed by atoms with Gasteiger partial charge in [0.05, 0.1) is 32.5 Å². The number of hydrogen-bond donors (Lipinski definition) is 0. The quantitative estimate of drug-likeness (QED) is 0.601. The summed E-state index contributed by atoms with van der Waals surface area (Å²) >= 11 is 0. The lowest BCUT2D eigenvalue weighted by atomic mass is 9.97. The number of aryl methyl sites for hydroxylation is 1. The minimum atomic E-state index is -0.486. The normalized spacial score (nSPS) is 10.2. The maximum absolute atomic E-state index is 12.9. The van der Waals surface area contributed by atoms with Crippen molar-refractivity contribution in [2.45, 2.75) is 13.3 Å². The summed E-state index contributed by atoms with van der Waals surface area (Å²) in [5.41, 5.74) is 2.05. The fourth-order valence-corrected chi connectivity index (χ4v) is 2.48. The second-order valence-corrected chi connectivity index (χ2v) is 5.12. The van der Waals surface area contributed by atoms with E-state index in [2.05, 4.69) is 0 Å². The number of esters is 1. The molecule has 0 atom stereocenters. The summed E-state index contributed by atoms with van der Waals surface area (Å²) in [6.07, 6.45) is 0.718. The van der Waals surface area contributed by atoms with Crippen molar-refractivity contribution in [1.29, 1.82) is 0 Å². The number of rotatable bonds is 6. The third-order valence-electron chi connectivity index (χ3n) is 3.77. The Hall–Kier alpha value is -2.82. The number of hydrogen-bond acceptors (Lipinski definition) is 5. The molecule has 0 aromatic heterocycles. The summed E-state index contributed by atoms with van der Waals surface area (Å²) in [5, 5.41) is 0. The Balaban J connectivity index is 2.51. The summed E-state index contributed by atoms with van der Waals surface area (Å²) in [6, 6.07) is 9.90. The zero-order valence-electron chi connectivity index (χ0n) is 14.2. The number of carbonyl (C=O) groups excluding carboxylic acids is 2. The molecule has 2 rings (SSSR count). The van der Waals surface area contributed by atoms with Crippen LogP contribution in [0.2, 0.25) is 0 Å². The van der Waals surface area contributed by atoms with E-state index in [1.807, 2.05) is 6.92 Å². The van der Waals surface area contributed by atoms with E-state index in [4.69, 9.17) is 14.2 Å². The predicted octanol–water partition coefficient (Wildman–Crippen LogP) is 3.28. The number of ketones is 1. The minimum absolute atomic E-state index is 0.227. The Morgan fingerprint density at radius 3 is 2.17 bits per heavy atom. The zero-order valence-corrected chi connectivity index (χ0v) is 14.2. The molecule has 5 nitrogen and oxygen atoms in total. The average Bonchev–Trinajstić information content (AvgIpc) is 2.65. The van der Waals surface area contributed by atoms with Crippen molar-refractivity contribution in [2.24, 2.45) is 0 Å². The average molecular weight is 328 g/mol. The van der Waals surface area contributed by atoms with Gasteiger partial charge in [-0.25, -0.2) is 4.79 Å². The van der Waals surface area contributed by atoms with Crippen LogP contribution in [0, 0.1) is 0 Å². The molecule has 5 heteroatoms. The lowest BCUT2D eigenvalue weighted by Gasteiger charge is -2.14. The summed E-state index contributed by atoms with van der Waals surface area (Å²) in [4.78, 5) is 24.5. The number of ether oxygens (including phenoxy) is 3. The van der Waals surface area contributed by atoms with E-state index >= 15 is 0 Å². The van der Waals surface area contributed by atoms with Crippen molar-refractivity contribution in [2.75, 3.05) is 21.3 Å². The molecule has 0 bridgehead atoms. The third-order valence-corrected chi connectivity index (χ3v) is 3.77. The monoisotopic (exact) mass is 328 g/mol. The number of methoxy groups -OCH3 is 3. The van der Waals surface area contributed by atoms with Crippen LogP contribution in [0.4, 0.5) is 0 Å². The third kappa shape index (κ3) is 3.40. The molecular weight excluding hydrogens is 308 g/mol. The number of benzene rings is 2. The molecule has 126 valence electrons. The second kappa shape index (κ2) is 7.64. The Morgan fingerprint density at radius 1 is 0.917 bits per heavy atom. The van der Waals surface area contributed by atoms with Gasteiger partial charge < -0.3 is 14.2 Å². The van der Waals surface area contributed by atoms with E-state index < -0.39 is 5.97 Å². The highest BCUT2D eigenvalue weighted by atomic mass is 16.5. The standard InChI is InChI=1S/C19H20O5/c1-5-12-10-15(17(23-3)11-16(12)22-2)18(20)13-7-6-8-14(9-13)19(21)24-4/h6-11H,5H2,1-4H3. The van der Waals surface area contributed by atoms with Gasteiger partial charge in [-0.2, -0.15) is 0 Å². The van der Waals surface area contributed by atoms with E-state index in [-0.39, 0.29) is 5.78 Å². The molecule has 0 amide bonds. The molecule has 2 aromatic carbocycles. The van der Waals surface area contributed by atoms with Gasteiger partial charge in [0, 0.05) is 11.6 Å². The Labute approximate surface area is 141 Å². The molecule has 0 unspecified atom stereocenters. The van der Waals surface area contributed by atoms with Gasteiger partial charge in [-0.05, 0) is 30.2 Å². The summed E-state index contributed by atoms with van der Waals surface area (Å²) < 4.78 is 15.4. The summed E-state index contributed by atoms with van der Waals surface area (Å²) in [5.74, 6) is 0.391. The highest BCUT2D eigenvalue weighted by molar-refractivity contribution is 6.11. The summed E-state index contributed by atoms with van der Waals surface area (Å²) in [6.45, 7) is 1.98. The molecule has 0 radical (unpaired) electrons. The van der Waals surface area contributed by atoms with Gasteiger partial charge in [-0.1, -0.05) is 19.1 Å².